The third kappa shape index (κ3) is 3.85. The van der Waals surface area contributed by atoms with E-state index in [0.29, 0.717) is 11.7 Å². The maximum Gasteiger partial charge on any atom is 0.273 e. The molecule has 1 aromatic rings. The summed E-state index contributed by atoms with van der Waals surface area (Å²) < 4.78 is 1.95. The van der Waals surface area contributed by atoms with Gasteiger partial charge in [-0.15, -0.1) is 17.5 Å². The summed E-state index contributed by atoms with van der Waals surface area (Å²) in [6.07, 6.45) is 8.88. The first kappa shape index (κ1) is 18.6. The minimum absolute atomic E-state index is 0. The number of hydrogen-bond acceptors (Lipinski definition) is 4. The summed E-state index contributed by atoms with van der Waals surface area (Å²) in [4.78, 5) is 12.5. The monoisotopic (exact) mass is 367 g/mol. The van der Waals surface area contributed by atoms with Gasteiger partial charge in [-0.3, -0.25) is 4.79 Å². The Balaban J connectivity index is 0.00000182. The third-order valence-electron chi connectivity index (χ3n) is 6.48. The van der Waals surface area contributed by atoms with Gasteiger partial charge in [0.2, 0.25) is 0 Å². The van der Waals surface area contributed by atoms with Crippen LogP contribution in [0.25, 0.3) is 0 Å². The van der Waals surface area contributed by atoms with Gasteiger partial charge in [0.25, 0.3) is 5.91 Å². The van der Waals surface area contributed by atoms with Crippen molar-refractivity contribution in [3.05, 3.63) is 11.4 Å². The number of carbonyl (C=O) groups is 1. The summed E-state index contributed by atoms with van der Waals surface area (Å²) in [7, 11) is 0. The van der Waals surface area contributed by atoms with Gasteiger partial charge in [0.1, 0.15) is 0 Å². The van der Waals surface area contributed by atoms with Gasteiger partial charge in [-0.05, 0) is 76.3 Å². The van der Waals surface area contributed by atoms with Crippen LogP contribution in [0.3, 0.4) is 0 Å². The van der Waals surface area contributed by atoms with Crippen molar-refractivity contribution in [3.63, 3.8) is 0 Å². The van der Waals surface area contributed by atoms with Gasteiger partial charge in [0.05, 0.1) is 11.7 Å². The number of hydrogen-bond donors (Lipinski definition) is 2. The number of aromatic nitrogens is 3. The number of halogens is 1. The number of nitrogens with one attached hydrogen (secondary N) is 2. The molecular formula is C18H30ClN5O. The molecule has 1 aliphatic heterocycles. The zero-order chi connectivity index (χ0) is 16.5. The van der Waals surface area contributed by atoms with Crippen LogP contribution in [-0.4, -0.2) is 40.5 Å². The van der Waals surface area contributed by atoms with Crippen LogP contribution in [0.4, 0.5) is 0 Å². The predicted octanol–water partition coefficient (Wildman–Crippen LogP) is 2.49. The number of rotatable bonds is 5. The molecule has 140 valence electrons. The molecule has 3 fully saturated rings. The maximum absolute atomic E-state index is 12.5. The van der Waals surface area contributed by atoms with E-state index in [4.69, 9.17) is 0 Å². The average Bonchev–Trinajstić information content (AvgIpc) is 3.31. The minimum atomic E-state index is -0.0594. The molecule has 4 rings (SSSR count). The van der Waals surface area contributed by atoms with E-state index in [1.165, 1.54) is 25.7 Å². The quantitative estimate of drug-likeness (QED) is 0.838. The summed E-state index contributed by atoms with van der Waals surface area (Å²) in [6.45, 7) is 4.75. The molecule has 3 aliphatic rings. The van der Waals surface area contributed by atoms with Crippen LogP contribution in [0.5, 0.6) is 0 Å². The highest BCUT2D eigenvalue weighted by atomic mass is 35.5. The summed E-state index contributed by atoms with van der Waals surface area (Å²) in [5.41, 5.74) is 1.40. The molecule has 0 spiro atoms. The number of amides is 1. The van der Waals surface area contributed by atoms with Crippen LogP contribution in [0, 0.1) is 24.7 Å². The zero-order valence-electron chi connectivity index (χ0n) is 15.0. The molecule has 2 saturated carbocycles. The van der Waals surface area contributed by atoms with Crippen molar-refractivity contribution < 1.29 is 4.79 Å². The molecule has 3 atom stereocenters. The Bertz CT molecular complexity index is 598. The van der Waals surface area contributed by atoms with Crippen LogP contribution >= 0.6 is 12.4 Å². The van der Waals surface area contributed by atoms with E-state index in [9.17, 15) is 4.79 Å². The molecule has 7 heteroatoms. The van der Waals surface area contributed by atoms with Crippen molar-refractivity contribution in [1.29, 1.82) is 0 Å². The highest BCUT2D eigenvalue weighted by Gasteiger charge is 2.38. The lowest BCUT2D eigenvalue weighted by Crippen LogP contribution is -2.31. The van der Waals surface area contributed by atoms with Crippen molar-refractivity contribution in [2.45, 2.75) is 57.9 Å². The topological polar surface area (TPSA) is 71.8 Å². The van der Waals surface area contributed by atoms with E-state index in [1.54, 1.807) is 0 Å². The Kier molecular flexibility index (Phi) is 6.00. The van der Waals surface area contributed by atoms with Crippen LogP contribution in [0.2, 0.25) is 0 Å². The van der Waals surface area contributed by atoms with Gasteiger partial charge in [-0.1, -0.05) is 11.6 Å². The number of carbonyl (C=O) groups excluding carboxylic acids is 1. The van der Waals surface area contributed by atoms with E-state index < -0.39 is 0 Å². The Morgan fingerprint density at radius 1 is 1.24 bits per heavy atom. The van der Waals surface area contributed by atoms with Gasteiger partial charge < -0.3 is 10.6 Å². The van der Waals surface area contributed by atoms with Crippen LogP contribution in [0.1, 0.15) is 67.2 Å². The number of nitrogens with zero attached hydrogens (tertiary/aromatic N) is 3. The fraction of sp³-hybridized carbons (Fsp3) is 0.833. The van der Waals surface area contributed by atoms with Gasteiger partial charge in [-0.2, -0.15) is 0 Å². The first-order chi connectivity index (χ1) is 11.7. The molecule has 0 radical (unpaired) electrons. The lowest BCUT2D eigenvalue weighted by molar-refractivity contribution is 0.0944. The van der Waals surface area contributed by atoms with E-state index in [1.807, 2.05) is 11.6 Å². The fourth-order valence-electron chi connectivity index (χ4n) is 5.13. The van der Waals surface area contributed by atoms with Gasteiger partial charge in [0.15, 0.2) is 5.69 Å². The maximum atomic E-state index is 12.5. The normalized spacial score (nSPS) is 28.8. The molecule has 1 amide bonds. The second-order valence-corrected chi connectivity index (χ2v) is 7.93. The van der Waals surface area contributed by atoms with E-state index in [2.05, 4.69) is 20.9 Å². The van der Waals surface area contributed by atoms with Crippen molar-refractivity contribution in [1.82, 2.24) is 25.6 Å². The molecular weight excluding hydrogens is 338 g/mol. The standard InChI is InChI=1S/C18H29N5O.ClH/c1-12-17(21-22-23(12)16-5-7-19-8-6-16)18(24)20-9-4-15-11-13-2-3-14(15)10-13;/h13-16,19H,2-11H2,1H3,(H,20,24);1H. The van der Waals surface area contributed by atoms with Crippen LogP contribution in [0.15, 0.2) is 0 Å². The van der Waals surface area contributed by atoms with Crippen molar-refractivity contribution >= 4 is 18.3 Å². The molecule has 2 bridgehead atoms. The van der Waals surface area contributed by atoms with E-state index in [0.717, 1.165) is 62.3 Å². The van der Waals surface area contributed by atoms with Crippen LogP contribution < -0.4 is 10.6 Å². The Morgan fingerprint density at radius 2 is 2.04 bits per heavy atom. The van der Waals surface area contributed by atoms with E-state index in [-0.39, 0.29) is 18.3 Å². The molecule has 2 aliphatic carbocycles. The number of piperidine rings is 1. The van der Waals surface area contributed by atoms with Crippen molar-refractivity contribution in [3.8, 4) is 0 Å². The van der Waals surface area contributed by atoms with Crippen molar-refractivity contribution in [2.24, 2.45) is 17.8 Å². The molecule has 6 nitrogen and oxygen atoms in total. The second-order valence-electron chi connectivity index (χ2n) is 7.93. The van der Waals surface area contributed by atoms with Gasteiger partial charge in [0, 0.05) is 6.54 Å². The third-order valence-corrected chi connectivity index (χ3v) is 6.48. The molecule has 1 saturated heterocycles. The first-order valence-corrected chi connectivity index (χ1v) is 9.63. The van der Waals surface area contributed by atoms with Crippen molar-refractivity contribution in [2.75, 3.05) is 19.6 Å². The molecule has 2 N–H and O–H groups in total. The lowest BCUT2D eigenvalue weighted by Gasteiger charge is -2.23. The van der Waals surface area contributed by atoms with Crippen LogP contribution in [-0.2, 0) is 0 Å². The van der Waals surface area contributed by atoms with Gasteiger partial charge in [-0.25, -0.2) is 4.68 Å². The molecule has 1 aromatic heterocycles. The second kappa shape index (κ2) is 8.04. The zero-order valence-corrected chi connectivity index (χ0v) is 15.9. The minimum Gasteiger partial charge on any atom is -0.351 e. The average molecular weight is 368 g/mol. The Morgan fingerprint density at radius 3 is 2.72 bits per heavy atom. The largest absolute Gasteiger partial charge is 0.351 e. The predicted molar refractivity (Wildman–Crippen MR) is 99.0 cm³/mol. The molecule has 0 aromatic carbocycles. The SMILES string of the molecule is Cc1c(C(=O)NCCC2CC3CCC2C3)nnn1C1CCNCC1.Cl. The Hall–Kier alpha value is -1.14. The lowest BCUT2D eigenvalue weighted by atomic mass is 9.86. The summed E-state index contributed by atoms with van der Waals surface area (Å²) in [6, 6.07) is 0.370. The van der Waals surface area contributed by atoms with Gasteiger partial charge >= 0.3 is 0 Å². The molecule has 25 heavy (non-hydrogen) atoms. The fourth-order valence-corrected chi connectivity index (χ4v) is 5.13. The highest BCUT2D eigenvalue weighted by Crippen LogP contribution is 2.49. The summed E-state index contributed by atoms with van der Waals surface area (Å²) >= 11 is 0. The Labute approximate surface area is 155 Å². The number of fused-ring (bicyclic) bond motifs is 2. The summed E-state index contributed by atoms with van der Waals surface area (Å²) in [5.74, 6) is 2.67. The summed E-state index contributed by atoms with van der Waals surface area (Å²) in [5, 5.41) is 14.8. The highest BCUT2D eigenvalue weighted by molar-refractivity contribution is 5.93. The van der Waals surface area contributed by atoms with E-state index >= 15 is 0 Å². The molecule has 3 unspecified atom stereocenters. The first-order valence-electron chi connectivity index (χ1n) is 9.63. The smallest absolute Gasteiger partial charge is 0.273 e. The molecule has 2 heterocycles.